The van der Waals surface area contributed by atoms with Gasteiger partial charge in [-0.25, -0.2) is 56.3 Å². The minimum Gasteiger partial charge on any atom is -0.493 e. The van der Waals surface area contributed by atoms with Crippen LogP contribution in [-0.2, 0) is 62.3 Å². The number of Topliss-reactive ketones (excluding diaryl/α,β-unsaturated/α-hetero) is 3. The summed E-state index contributed by atoms with van der Waals surface area (Å²) in [6.45, 7) is 22.1. The number of aromatic nitrogens is 4. The van der Waals surface area contributed by atoms with E-state index in [1.165, 1.54) is 78.5 Å². The third-order valence-corrected chi connectivity index (χ3v) is 23.5. The van der Waals surface area contributed by atoms with Crippen molar-refractivity contribution in [1.82, 2.24) is 19.9 Å². The van der Waals surface area contributed by atoms with Gasteiger partial charge in [0.25, 0.3) is 0 Å². The van der Waals surface area contributed by atoms with E-state index in [9.17, 15) is 71.1 Å². The Balaban J connectivity index is 0.000000193. The van der Waals surface area contributed by atoms with Gasteiger partial charge in [0.1, 0.15) is 90.7 Å². The number of methoxy groups -OCH3 is 3. The second kappa shape index (κ2) is 45.6. The zero-order valence-electron chi connectivity index (χ0n) is 79.3. The van der Waals surface area contributed by atoms with Crippen molar-refractivity contribution in [2.45, 2.75) is 193 Å². The van der Waals surface area contributed by atoms with Gasteiger partial charge in [-0.05, 0) is 272 Å². The van der Waals surface area contributed by atoms with Gasteiger partial charge in [0, 0.05) is 79.8 Å². The van der Waals surface area contributed by atoms with E-state index in [0.717, 1.165) is 40.9 Å². The number of nitrogens with one attached hydrogen (secondary N) is 1. The molecule has 4 atom stereocenters. The molecule has 0 fully saturated rings. The number of ether oxygens (including phenoxy) is 9. The van der Waals surface area contributed by atoms with Gasteiger partial charge in [0.05, 0.1) is 88.3 Å². The molecule has 137 heavy (non-hydrogen) atoms. The number of benzene rings is 5. The van der Waals surface area contributed by atoms with Crippen LogP contribution in [-0.4, -0.2) is 187 Å². The van der Waals surface area contributed by atoms with Crippen molar-refractivity contribution in [2.24, 2.45) is 5.73 Å². The summed E-state index contributed by atoms with van der Waals surface area (Å²) in [7, 11) is 4.30. The summed E-state index contributed by atoms with van der Waals surface area (Å²) in [5, 5.41) is 47.7. The Morgan fingerprint density at radius 3 is 1.04 bits per heavy atom. The number of fused-ring (bicyclic) bond motifs is 4. The number of nitrogens with two attached hydrogens (primary N) is 1. The number of anilines is 4. The first-order chi connectivity index (χ1) is 64.4. The Bertz CT molecular complexity index is 5910. The molecule has 4 aromatic heterocycles. The van der Waals surface area contributed by atoms with E-state index in [0.29, 0.717) is 147 Å². The third kappa shape index (κ3) is 27.6. The van der Waals surface area contributed by atoms with Crippen molar-refractivity contribution in [3.63, 3.8) is 0 Å². The van der Waals surface area contributed by atoms with E-state index in [2.05, 4.69) is 15.3 Å². The maximum absolute atomic E-state index is 14.0. The lowest BCUT2D eigenvalue weighted by Crippen LogP contribution is -2.36. The lowest BCUT2D eigenvalue weighted by atomic mass is 9.91. The molecule has 0 bridgehead atoms. The fraction of sp³-hybridized carbons (Fsp3) is 0.440. The molecule has 0 saturated heterocycles. The maximum Gasteiger partial charge on any atom is 0.414 e. The van der Waals surface area contributed by atoms with Gasteiger partial charge in [-0.1, -0.05) is 46.4 Å². The predicted octanol–water partition coefficient (Wildman–Crippen LogP) is 20.3. The molecule has 5 aromatic carbocycles. The summed E-state index contributed by atoms with van der Waals surface area (Å²) in [4.78, 5) is 99.2. The van der Waals surface area contributed by atoms with E-state index in [4.69, 9.17) is 105 Å². The summed E-state index contributed by atoms with van der Waals surface area (Å²) < 4.78 is 113. The molecule has 9 aromatic rings. The molecular formula is C100H116Cl4F5N9O19. The summed E-state index contributed by atoms with van der Waals surface area (Å²) in [5.41, 5.74) is 8.19. The van der Waals surface area contributed by atoms with Crippen LogP contribution in [0.3, 0.4) is 0 Å². The molecule has 8 heterocycles. The number of pyridine rings is 4. The molecule has 28 nitrogen and oxygen atoms in total. The Kier molecular flexibility index (Phi) is 35.8. The topological polar surface area (TPSA) is 366 Å². The average Bonchev–Trinajstić information content (AvgIpc) is 1.69. The van der Waals surface area contributed by atoms with E-state index in [1.54, 1.807) is 136 Å². The van der Waals surface area contributed by atoms with Crippen LogP contribution in [0.1, 0.15) is 205 Å². The van der Waals surface area contributed by atoms with Crippen LogP contribution in [0.4, 0.5) is 59.1 Å². The normalized spacial score (nSPS) is 14.8. The van der Waals surface area contributed by atoms with Crippen molar-refractivity contribution in [2.75, 3.05) is 114 Å². The Labute approximate surface area is 812 Å². The quantitative estimate of drug-likeness (QED) is 0.0102. The number of rotatable bonds is 31. The summed E-state index contributed by atoms with van der Waals surface area (Å²) in [6.07, 6.45) is 1.17. The van der Waals surface area contributed by atoms with Crippen LogP contribution < -0.4 is 54.2 Å². The van der Waals surface area contributed by atoms with Gasteiger partial charge >= 0.3 is 18.3 Å². The predicted molar refractivity (Wildman–Crippen MR) is 513 cm³/mol. The molecule has 0 saturated carbocycles. The van der Waals surface area contributed by atoms with E-state index in [1.807, 2.05) is 26.8 Å². The number of alkyl halides is 3. The second-order valence-electron chi connectivity index (χ2n) is 36.7. The fourth-order valence-corrected chi connectivity index (χ4v) is 16.1. The van der Waals surface area contributed by atoms with E-state index >= 15 is 0 Å². The number of aliphatic hydroxyl groups is 4. The molecule has 7 N–H and O–H groups in total. The van der Waals surface area contributed by atoms with Gasteiger partial charge in [-0.15, -0.1) is 0 Å². The van der Waals surface area contributed by atoms with Crippen molar-refractivity contribution in [3.8, 4) is 57.0 Å². The largest absolute Gasteiger partial charge is 0.493 e. The van der Waals surface area contributed by atoms with Crippen LogP contribution >= 0.6 is 46.4 Å². The molecule has 738 valence electrons. The lowest BCUT2D eigenvalue weighted by Gasteiger charge is -2.27. The number of nitrogens with zero attached hydrogens (tertiary/aromatic N) is 7. The standard InChI is InChI=1S/C32H35ClF2N2O6.C27H27ClF2N2O4.C26H32ClFN2O6.C15H22ClN3O3/c1-31(2,3)43-30(39)37-14-11-21-18-27(36-28(29(21)37)20-6-8-23(35)22(33)16-20)32(4,40)12-10-24(38)19-7-9-25(42-15-13-34)26(17-19)41-5;1-27(34,9-7-21(33)16-4-6-22(36-12-10-29)23(14-16)35-2)24-15-18-8-11-31-25(18)26(32-24)17-3-5-20(30)19(28)13-17;1-25(2,3)36-24(32)30-12-9-17-15-21(29-23(27)22(17)30)26(4,33)10-8-18(31)16-6-7-19(35-13-11-28)20(14-16)34-5;1-14(2,3)22-13(20)19-6-5-9-7-10(15(4,21)8-17)18-12(16)11(9)19/h6-9,16-18,40H,10-15H2,1-5H3;3-6,13-15,31,34H,7-12H2,1-2H3;6-7,14-15,33H,8-13H2,1-5H3;7,21H,5-6,8,17H2,1-4H3. The highest BCUT2D eigenvalue weighted by molar-refractivity contribution is 6.33. The first-order valence-electron chi connectivity index (χ1n) is 44.3. The van der Waals surface area contributed by atoms with Gasteiger partial charge in [0.2, 0.25) is 0 Å². The number of carbonyl (C=O) groups is 6. The minimum atomic E-state index is -1.54. The maximum atomic E-state index is 14.0. The Morgan fingerprint density at radius 1 is 0.401 bits per heavy atom. The molecule has 37 heteroatoms. The number of amides is 3. The van der Waals surface area contributed by atoms with Gasteiger partial charge in [-0.2, -0.15) is 0 Å². The van der Waals surface area contributed by atoms with Crippen molar-refractivity contribution in [1.29, 1.82) is 0 Å². The smallest absolute Gasteiger partial charge is 0.414 e. The first-order valence-corrected chi connectivity index (χ1v) is 45.8. The lowest BCUT2D eigenvalue weighted by molar-refractivity contribution is 0.0396. The van der Waals surface area contributed by atoms with E-state index < -0.39 is 89.1 Å². The molecule has 4 aliphatic rings. The highest BCUT2D eigenvalue weighted by atomic mass is 35.5. The molecule has 0 aliphatic carbocycles. The van der Waals surface area contributed by atoms with Crippen molar-refractivity contribution in [3.05, 3.63) is 209 Å². The molecule has 4 aliphatic heterocycles. The molecule has 0 spiro atoms. The number of carbonyl (C=O) groups excluding carboxylic acids is 6. The van der Waals surface area contributed by atoms with Crippen LogP contribution in [0, 0.1) is 11.6 Å². The van der Waals surface area contributed by atoms with Crippen molar-refractivity contribution >= 4 is 105 Å². The number of ketones is 3. The average molecular weight is 1980 g/mol. The molecular weight excluding hydrogens is 1870 g/mol. The molecule has 3 amide bonds. The number of hydrogen-bond donors (Lipinski definition) is 6. The summed E-state index contributed by atoms with van der Waals surface area (Å²) >= 11 is 24.8. The third-order valence-electron chi connectivity index (χ3n) is 22.4. The summed E-state index contributed by atoms with van der Waals surface area (Å²) in [6, 6.07) is 29.5. The number of hydrogen-bond acceptors (Lipinski definition) is 25. The highest BCUT2D eigenvalue weighted by Gasteiger charge is 2.41. The fourth-order valence-electron chi connectivity index (χ4n) is 15.1. The van der Waals surface area contributed by atoms with E-state index in [-0.39, 0.29) is 108 Å². The minimum absolute atomic E-state index is 0.0136. The molecule has 0 radical (unpaired) electrons. The van der Waals surface area contributed by atoms with Crippen molar-refractivity contribution < 1.29 is 114 Å². The first kappa shape index (κ1) is 108. The van der Waals surface area contributed by atoms with Gasteiger partial charge in [-0.3, -0.25) is 29.1 Å². The zero-order valence-corrected chi connectivity index (χ0v) is 82.4. The van der Waals surface area contributed by atoms with Crippen LogP contribution in [0.25, 0.3) is 22.5 Å². The monoisotopic (exact) mass is 1980 g/mol. The summed E-state index contributed by atoms with van der Waals surface area (Å²) in [5.74, 6) is 0.171. The molecule has 13 rings (SSSR count). The number of halogens is 9. The Morgan fingerprint density at radius 2 is 0.715 bits per heavy atom. The van der Waals surface area contributed by atoms with Crippen LogP contribution in [0.15, 0.2) is 115 Å². The SMILES string of the molecule is CC(C)(C)OC(=O)N1CCc2cc(C(C)(O)CN)nc(Cl)c21.COc1cc(C(=O)CCC(C)(O)c2cc3c(c(-c4ccc(F)c(Cl)c4)n2)N(C(=O)OC(C)(C)C)CC3)ccc1OCCF.COc1cc(C(=O)CCC(C)(O)c2cc3c(c(-c4ccc(F)c(Cl)c4)n2)NCC3)ccc1OCCF.COc1cc(C(=O)CCC(C)(O)c2cc3c(c(Cl)n2)N(C(=O)OC(C)(C)C)CC3)ccc1OCCF. The Hall–Kier alpha value is -11.3. The van der Waals surface area contributed by atoms with Gasteiger partial charge < -0.3 is 74.1 Å². The zero-order chi connectivity index (χ0) is 101. The molecule has 4 unspecified atom stereocenters. The van der Waals surface area contributed by atoms with Gasteiger partial charge in [0.15, 0.2) is 62.2 Å². The van der Waals surface area contributed by atoms with Crippen LogP contribution in [0.2, 0.25) is 20.4 Å². The van der Waals surface area contributed by atoms with Crippen LogP contribution in [0.5, 0.6) is 34.5 Å². The highest BCUT2D eigenvalue weighted by Crippen LogP contribution is 2.46. The second-order valence-corrected chi connectivity index (χ2v) is 38.3.